The van der Waals surface area contributed by atoms with E-state index in [0.29, 0.717) is 0 Å². The Kier molecular flexibility index (Phi) is 2.64. The monoisotopic (exact) mass is 181 g/mol. The van der Waals surface area contributed by atoms with E-state index in [1.54, 1.807) is 0 Å². The zero-order valence-electron chi connectivity index (χ0n) is 9.29. The fourth-order valence-electron chi connectivity index (χ4n) is 3.20. The first-order chi connectivity index (χ1) is 6.18. The van der Waals surface area contributed by atoms with Crippen LogP contribution in [0.15, 0.2) is 0 Å². The van der Waals surface area contributed by atoms with Gasteiger partial charge in [-0.05, 0) is 44.6 Å². The van der Waals surface area contributed by atoms with E-state index in [0.717, 1.165) is 23.9 Å². The van der Waals surface area contributed by atoms with Crippen LogP contribution in [-0.2, 0) is 0 Å². The van der Waals surface area contributed by atoms with Gasteiger partial charge in [0.1, 0.15) is 0 Å². The average molecular weight is 181 g/mol. The number of hydrogen-bond acceptors (Lipinski definition) is 1. The molecular weight excluding hydrogens is 158 g/mol. The third kappa shape index (κ3) is 1.76. The van der Waals surface area contributed by atoms with Gasteiger partial charge in [0.15, 0.2) is 0 Å². The Morgan fingerprint density at radius 3 is 2.08 bits per heavy atom. The van der Waals surface area contributed by atoms with Crippen molar-refractivity contribution in [2.75, 3.05) is 7.05 Å². The summed E-state index contributed by atoms with van der Waals surface area (Å²) in [4.78, 5) is 2.66. The second kappa shape index (κ2) is 3.61. The normalized spacial score (nSPS) is 41.1. The van der Waals surface area contributed by atoms with Gasteiger partial charge < -0.3 is 4.90 Å². The molecule has 0 spiro atoms. The first kappa shape index (κ1) is 9.51. The molecule has 2 bridgehead atoms. The molecule has 2 aliphatic rings. The van der Waals surface area contributed by atoms with Gasteiger partial charge in [-0.3, -0.25) is 0 Å². The maximum absolute atomic E-state index is 2.66. The van der Waals surface area contributed by atoms with Crippen LogP contribution in [-0.4, -0.2) is 24.0 Å². The Labute approximate surface area is 82.5 Å². The second-order valence-corrected chi connectivity index (χ2v) is 5.38. The summed E-state index contributed by atoms with van der Waals surface area (Å²) in [6, 6.07) is 1.83. The molecule has 0 unspecified atom stereocenters. The van der Waals surface area contributed by atoms with Gasteiger partial charge in [-0.15, -0.1) is 0 Å². The van der Waals surface area contributed by atoms with Gasteiger partial charge in [0.05, 0.1) is 0 Å². The highest BCUT2D eigenvalue weighted by Crippen LogP contribution is 2.38. The third-order valence-corrected chi connectivity index (χ3v) is 4.32. The number of fused-ring (bicyclic) bond motifs is 2. The highest BCUT2D eigenvalue weighted by atomic mass is 15.2. The lowest BCUT2D eigenvalue weighted by Gasteiger charge is -2.48. The molecule has 0 aliphatic carbocycles. The summed E-state index contributed by atoms with van der Waals surface area (Å²) in [7, 11) is 2.34. The van der Waals surface area contributed by atoms with E-state index >= 15 is 0 Å². The molecule has 2 saturated heterocycles. The van der Waals surface area contributed by atoms with Gasteiger partial charge in [0.25, 0.3) is 0 Å². The molecule has 0 aromatic heterocycles. The maximum Gasteiger partial charge on any atom is 0.00979 e. The van der Waals surface area contributed by atoms with E-state index in [9.17, 15) is 0 Å². The first-order valence-electron chi connectivity index (χ1n) is 5.90. The second-order valence-electron chi connectivity index (χ2n) is 5.38. The summed E-state index contributed by atoms with van der Waals surface area (Å²) in [6.45, 7) is 4.79. The lowest BCUT2D eigenvalue weighted by Crippen LogP contribution is -2.50. The molecule has 1 heteroatoms. The van der Waals surface area contributed by atoms with Crippen molar-refractivity contribution < 1.29 is 0 Å². The Morgan fingerprint density at radius 2 is 1.62 bits per heavy atom. The van der Waals surface area contributed by atoms with Crippen molar-refractivity contribution in [2.24, 2.45) is 11.8 Å². The predicted octanol–water partition coefficient (Wildman–Crippen LogP) is 2.91. The van der Waals surface area contributed by atoms with E-state index < -0.39 is 0 Å². The minimum atomic E-state index is 0.900. The molecule has 0 amide bonds. The Hall–Kier alpha value is -0.0400. The molecule has 0 saturated carbocycles. The Balaban J connectivity index is 2.03. The standard InChI is InChI=1S/C12H23N/c1-9(2)10-7-11-5-4-6-12(8-10)13(11)3/h9-12H,4-8H2,1-3H3/t10-,11-,12+. The highest BCUT2D eigenvalue weighted by molar-refractivity contribution is 4.91. The molecule has 0 aromatic carbocycles. The van der Waals surface area contributed by atoms with Crippen LogP contribution in [0.3, 0.4) is 0 Å². The summed E-state index contributed by atoms with van der Waals surface area (Å²) in [5, 5.41) is 0. The van der Waals surface area contributed by atoms with E-state index in [1.165, 1.54) is 32.1 Å². The lowest BCUT2D eigenvalue weighted by atomic mass is 9.74. The van der Waals surface area contributed by atoms with E-state index in [1.807, 2.05) is 0 Å². The topological polar surface area (TPSA) is 3.24 Å². The van der Waals surface area contributed by atoms with Gasteiger partial charge in [-0.1, -0.05) is 20.3 Å². The van der Waals surface area contributed by atoms with E-state index in [2.05, 4.69) is 25.8 Å². The summed E-state index contributed by atoms with van der Waals surface area (Å²) in [6.07, 6.45) is 7.31. The Morgan fingerprint density at radius 1 is 1.08 bits per heavy atom. The first-order valence-corrected chi connectivity index (χ1v) is 5.90. The van der Waals surface area contributed by atoms with Crippen LogP contribution in [0.1, 0.15) is 46.0 Å². The maximum atomic E-state index is 2.66. The quantitative estimate of drug-likeness (QED) is 0.601. The number of rotatable bonds is 1. The molecule has 2 fully saturated rings. The van der Waals surface area contributed by atoms with Gasteiger partial charge in [0.2, 0.25) is 0 Å². The SMILES string of the molecule is CC(C)[C@@H]1C[C@H]2CCC[C@@H](C1)N2C. The minimum absolute atomic E-state index is 0.900. The lowest BCUT2D eigenvalue weighted by molar-refractivity contribution is 0.0232. The van der Waals surface area contributed by atoms with Crippen LogP contribution in [0.25, 0.3) is 0 Å². The highest BCUT2D eigenvalue weighted by Gasteiger charge is 2.36. The molecule has 0 aromatic rings. The van der Waals surface area contributed by atoms with Crippen LogP contribution in [0.4, 0.5) is 0 Å². The molecule has 2 aliphatic heterocycles. The fraction of sp³-hybridized carbons (Fsp3) is 1.00. The van der Waals surface area contributed by atoms with Crippen LogP contribution in [0, 0.1) is 11.8 Å². The molecule has 1 nitrogen and oxygen atoms in total. The van der Waals surface area contributed by atoms with Crippen molar-refractivity contribution in [1.82, 2.24) is 4.90 Å². The smallest absolute Gasteiger partial charge is 0.00979 e. The zero-order valence-corrected chi connectivity index (χ0v) is 9.29. The molecular formula is C12H23N. The van der Waals surface area contributed by atoms with Crippen LogP contribution >= 0.6 is 0 Å². The number of hydrogen-bond donors (Lipinski definition) is 0. The average Bonchev–Trinajstić information content (AvgIpc) is 2.02. The summed E-state index contributed by atoms with van der Waals surface area (Å²) < 4.78 is 0. The van der Waals surface area contributed by atoms with Gasteiger partial charge in [-0.25, -0.2) is 0 Å². The van der Waals surface area contributed by atoms with Gasteiger partial charge in [0, 0.05) is 12.1 Å². The molecule has 0 N–H and O–H groups in total. The predicted molar refractivity (Wildman–Crippen MR) is 56.8 cm³/mol. The molecule has 0 radical (unpaired) electrons. The fourth-order valence-corrected chi connectivity index (χ4v) is 3.20. The number of piperidine rings is 2. The van der Waals surface area contributed by atoms with Crippen molar-refractivity contribution in [1.29, 1.82) is 0 Å². The third-order valence-electron chi connectivity index (χ3n) is 4.32. The summed E-state index contributed by atoms with van der Waals surface area (Å²) in [5.74, 6) is 1.91. The molecule has 13 heavy (non-hydrogen) atoms. The van der Waals surface area contributed by atoms with E-state index in [4.69, 9.17) is 0 Å². The van der Waals surface area contributed by atoms with Crippen LogP contribution < -0.4 is 0 Å². The summed E-state index contributed by atoms with van der Waals surface area (Å²) in [5.41, 5.74) is 0. The van der Waals surface area contributed by atoms with Crippen molar-refractivity contribution in [3.63, 3.8) is 0 Å². The molecule has 2 heterocycles. The molecule has 2 rings (SSSR count). The Bertz CT molecular complexity index is 162. The van der Waals surface area contributed by atoms with Crippen molar-refractivity contribution in [3.05, 3.63) is 0 Å². The molecule has 3 atom stereocenters. The number of nitrogens with zero attached hydrogens (tertiary/aromatic N) is 1. The van der Waals surface area contributed by atoms with Gasteiger partial charge >= 0.3 is 0 Å². The van der Waals surface area contributed by atoms with Crippen molar-refractivity contribution in [2.45, 2.75) is 58.0 Å². The molecule has 76 valence electrons. The van der Waals surface area contributed by atoms with Crippen molar-refractivity contribution in [3.8, 4) is 0 Å². The minimum Gasteiger partial charge on any atom is -0.300 e. The summed E-state index contributed by atoms with van der Waals surface area (Å²) >= 11 is 0. The van der Waals surface area contributed by atoms with Crippen LogP contribution in [0.5, 0.6) is 0 Å². The van der Waals surface area contributed by atoms with Crippen molar-refractivity contribution >= 4 is 0 Å². The van der Waals surface area contributed by atoms with Crippen LogP contribution in [0.2, 0.25) is 0 Å². The van der Waals surface area contributed by atoms with Gasteiger partial charge in [-0.2, -0.15) is 0 Å². The largest absolute Gasteiger partial charge is 0.300 e. The van der Waals surface area contributed by atoms with E-state index in [-0.39, 0.29) is 0 Å². The zero-order chi connectivity index (χ0) is 9.42.